The lowest BCUT2D eigenvalue weighted by atomic mass is 9.54. The lowest BCUT2D eigenvalue weighted by Gasteiger charge is -2.50. The van der Waals surface area contributed by atoms with E-state index in [2.05, 4.69) is 51.3 Å². The summed E-state index contributed by atoms with van der Waals surface area (Å²) in [7, 11) is 2.11. The van der Waals surface area contributed by atoms with Crippen LogP contribution in [-0.4, -0.2) is 13.6 Å². The molecule has 0 saturated heterocycles. The van der Waals surface area contributed by atoms with E-state index in [0.29, 0.717) is 11.3 Å². The Labute approximate surface area is 130 Å². The van der Waals surface area contributed by atoms with Gasteiger partial charge in [0, 0.05) is 0 Å². The number of aryl methyl sites for hydroxylation is 1. The molecule has 21 heavy (non-hydrogen) atoms. The molecule has 0 amide bonds. The molecule has 0 aliphatic heterocycles. The van der Waals surface area contributed by atoms with Crippen LogP contribution in [0.1, 0.15) is 69.1 Å². The zero-order chi connectivity index (χ0) is 15.0. The molecule has 1 fully saturated rings. The quantitative estimate of drug-likeness (QED) is 0.852. The normalized spacial score (nSPS) is 31.9. The molecule has 1 nitrogen and oxygen atoms in total. The summed E-state index contributed by atoms with van der Waals surface area (Å²) in [4.78, 5) is 0. The Morgan fingerprint density at radius 1 is 1.29 bits per heavy atom. The van der Waals surface area contributed by atoms with E-state index in [1.165, 1.54) is 44.2 Å². The van der Waals surface area contributed by atoms with Crippen molar-refractivity contribution in [3.63, 3.8) is 0 Å². The Balaban J connectivity index is 1.97. The highest BCUT2D eigenvalue weighted by Crippen LogP contribution is 2.52. The fourth-order valence-corrected chi connectivity index (χ4v) is 5.08. The lowest BCUT2D eigenvalue weighted by molar-refractivity contribution is 0.107. The highest BCUT2D eigenvalue weighted by atomic mass is 14.8. The molecule has 116 valence electrons. The maximum atomic E-state index is 3.44. The smallest absolute Gasteiger partial charge is 0.00205 e. The van der Waals surface area contributed by atoms with E-state index >= 15 is 0 Å². The molecular weight excluding hydrogens is 254 g/mol. The molecule has 3 rings (SSSR count). The number of benzene rings is 1. The molecule has 1 aromatic rings. The number of nitrogens with one attached hydrogen (secondary N) is 1. The van der Waals surface area contributed by atoms with Crippen molar-refractivity contribution < 1.29 is 0 Å². The van der Waals surface area contributed by atoms with Gasteiger partial charge in [0.2, 0.25) is 0 Å². The van der Waals surface area contributed by atoms with Gasteiger partial charge in [-0.3, -0.25) is 0 Å². The highest BCUT2D eigenvalue weighted by molar-refractivity contribution is 5.41. The van der Waals surface area contributed by atoms with Crippen molar-refractivity contribution in [2.45, 2.75) is 64.2 Å². The van der Waals surface area contributed by atoms with Gasteiger partial charge in [0.25, 0.3) is 0 Å². The van der Waals surface area contributed by atoms with Crippen LogP contribution in [0.3, 0.4) is 0 Å². The minimum atomic E-state index is 0.420. The van der Waals surface area contributed by atoms with Gasteiger partial charge in [-0.25, -0.2) is 0 Å². The van der Waals surface area contributed by atoms with Crippen molar-refractivity contribution in [2.75, 3.05) is 13.6 Å². The molecule has 3 atom stereocenters. The van der Waals surface area contributed by atoms with Gasteiger partial charge in [0.05, 0.1) is 0 Å². The van der Waals surface area contributed by atoms with Crippen LogP contribution in [0.4, 0.5) is 0 Å². The van der Waals surface area contributed by atoms with E-state index in [1.807, 2.05) is 0 Å². The fraction of sp³-hybridized carbons (Fsp3) is 0.700. The largest absolute Gasteiger partial charge is 0.319 e. The lowest BCUT2D eigenvalue weighted by Crippen LogP contribution is -2.46. The van der Waals surface area contributed by atoms with Crippen LogP contribution >= 0.6 is 0 Å². The highest BCUT2D eigenvalue weighted by Gasteiger charge is 2.45. The molecule has 2 aliphatic rings. The third-order valence-corrected chi connectivity index (χ3v) is 6.26. The first-order chi connectivity index (χ1) is 10.1. The molecule has 0 aromatic heterocycles. The van der Waals surface area contributed by atoms with Crippen molar-refractivity contribution in [1.82, 2.24) is 5.32 Å². The van der Waals surface area contributed by atoms with Crippen LogP contribution in [0.2, 0.25) is 0 Å². The Morgan fingerprint density at radius 2 is 2.10 bits per heavy atom. The van der Waals surface area contributed by atoms with E-state index in [0.717, 1.165) is 11.8 Å². The summed E-state index contributed by atoms with van der Waals surface area (Å²) >= 11 is 0. The Morgan fingerprint density at radius 3 is 2.81 bits per heavy atom. The minimum Gasteiger partial charge on any atom is -0.319 e. The van der Waals surface area contributed by atoms with Crippen LogP contribution in [0, 0.1) is 11.8 Å². The van der Waals surface area contributed by atoms with Gasteiger partial charge in [-0.15, -0.1) is 0 Å². The van der Waals surface area contributed by atoms with E-state index < -0.39 is 0 Å². The second-order valence-corrected chi connectivity index (χ2v) is 7.84. The Hall–Kier alpha value is -0.820. The molecule has 0 heterocycles. The molecule has 1 N–H and O–H groups in total. The summed E-state index contributed by atoms with van der Waals surface area (Å²) in [6, 6.07) is 7.36. The number of fused-ring (bicyclic) bond motifs is 3. The average molecular weight is 285 g/mol. The summed E-state index contributed by atoms with van der Waals surface area (Å²) in [5.74, 6) is 2.38. The first-order valence-corrected chi connectivity index (χ1v) is 8.84. The predicted molar refractivity (Wildman–Crippen MR) is 91.0 cm³/mol. The Bertz CT molecular complexity index is 503. The number of hydrogen-bond donors (Lipinski definition) is 1. The average Bonchev–Trinajstić information content (AvgIpc) is 2.46. The van der Waals surface area contributed by atoms with Crippen molar-refractivity contribution in [3.8, 4) is 0 Å². The number of rotatable bonds is 3. The summed E-state index contributed by atoms with van der Waals surface area (Å²) < 4.78 is 0. The van der Waals surface area contributed by atoms with Crippen LogP contribution in [-0.2, 0) is 11.8 Å². The second kappa shape index (κ2) is 5.76. The van der Waals surface area contributed by atoms with Gasteiger partial charge in [0.15, 0.2) is 0 Å². The molecule has 1 saturated carbocycles. The number of hydrogen-bond acceptors (Lipinski definition) is 1. The summed E-state index contributed by atoms with van der Waals surface area (Å²) in [6.07, 6.45) is 6.87. The molecule has 0 bridgehead atoms. The zero-order valence-corrected chi connectivity index (χ0v) is 14.2. The van der Waals surface area contributed by atoms with Crippen molar-refractivity contribution in [1.29, 1.82) is 0 Å². The van der Waals surface area contributed by atoms with Crippen LogP contribution in [0.15, 0.2) is 18.2 Å². The molecule has 2 aliphatic carbocycles. The van der Waals surface area contributed by atoms with Gasteiger partial charge in [-0.05, 0) is 79.1 Å². The van der Waals surface area contributed by atoms with Gasteiger partial charge >= 0.3 is 0 Å². The van der Waals surface area contributed by atoms with E-state index in [-0.39, 0.29) is 0 Å². The zero-order valence-electron chi connectivity index (χ0n) is 14.2. The SMILES string of the molecule is CNC[C@@H]1CCCC2(C)c3ccc(C(C)C)cc3CCC12. The fourth-order valence-electron chi connectivity index (χ4n) is 5.08. The second-order valence-electron chi connectivity index (χ2n) is 7.84. The van der Waals surface area contributed by atoms with Crippen LogP contribution < -0.4 is 5.32 Å². The topological polar surface area (TPSA) is 12.0 Å². The monoisotopic (exact) mass is 285 g/mol. The van der Waals surface area contributed by atoms with Crippen molar-refractivity contribution >= 4 is 0 Å². The summed E-state index contributed by atoms with van der Waals surface area (Å²) in [5.41, 5.74) is 5.25. The third-order valence-electron chi connectivity index (χ3n) is 6.26. The first kappa shape index (κ1) is 15.1. The van der Waals surface area contributed by atoms with Gasteiger partial charge < -0.3 is 5.32 Å². The van der Waals surface area contributed by atoms with E-state index in [9.17, 15) is 0 Å². The summed E-state index contributed by atoms with van der Waals surface area (Å²) in [5, 5.41) is 3.44. The summed E-state index contributed by atoms with van der Waals surface area (Å²) in [6.45, 7) is 8.35. The van der Waals surface area contributed by atoms with Crippen LogP contribution in [0.25, 0.3) is 0 Å². The van der Waals surface area contributed by atoms with E-state index in [4.69, 9.17) is 0 Å². The standard InChI is InChI=1S/C20H31N/c1-14(2)15-7-9-18-16(12-15)8-10-19-17(13-21-4)6-5-11-20(18,19)3/h7,9,12,14,17,19,21H,5-6,8,10-11,13H2,1-4H3/t17-,19?,20?/m0/s1. The molecule has 2 unspecified atom stereocenters. The van der Waals surface area contributed by atoms with Gasteiger partial charge in [0.1, 0.15) is 0 Å². The molecular formula is C20H31N. The third kappa shape index (κ3) is 2.54. The molecule has 1 aromatic carbocycles. The van der Waals surface area contributed by atoms with Gasteiger partial charge in [-0.1, -0.05) is 45.4 Å². The molecule has 1 heteroatoms. The first-order valence-electron chi connectivity index (χ1n) is 8.84. The molecule has 0 spiro atoms. The van der Waals surface area contributed by atoms with E-state index in [1.54, 1.807) is 11.1 Å². The maximum absolute atomic E-state index is 3.44. The van der Waals surface area contributed by atoms with Crippen molar-refractivity contribution in [3.05, 3.63) is 34.9 Å². The maximum Gasteiger partial charge on any atom is -0.00205 e. The Kier molecular flexibility index (Phi) is 4.14. The van der Waals surface area contributed by atoms with Crippen LogP contribution in [0.5, 0.6) is 0 Å². The molecule has 0 radical (unpaired) electrons. The van der Waals surface area contributed by atoms with Gasteiger partial charge in [-0.2, -0.15) is 0 Å². The van der Waals surface area contributed by atoms with Crippen molar-refractivity contribution in [2.24, 2.45) is 11.8 Å². The minimum absolute atomic E-state index is 0.420. The predicted octanol–water partition coefficient (Wildman–Crippen LogP) is 4.65.